The third-order valence-corrected chi connectivity index (χ3v) is 3.77. The molecule has 0 unspecified atom stereocenters. The average Bonchev–Trinajstić information content (AvgIpc) is 3.15. The average molecular weight is 278 g/mol. The van der Waals surface area contributed by atoms with Crippen LogP contribution in [-0.2, 0) is 13.6 Å². The molecule has 19 heavy (non-hydrogen) atoms. The van der Waals surface area contributed by atoms with E-state index in [0.29, 0.717) is 17.6 Å². The van der Waals surface area contributed by atoms with Crippen LogP contribution in [0.4, 0.5) is 5.82 Å². The topological polar surface area (TPSA) is 55.6 Å². The Morgan fingerprint density at radius 2 is 2.21 bits per heavy atom. The van der Waals surface area contributed by atoms with Gasteiger partial charge in [-0.05, 0) is 25.8 Å². The molecule has 1 N–H and O–H groups in total. The summed E-state index contributed by atoms with van der Waals surface area (Å²) in [5.41, 5.74) is 2.00. The molecule has 6 heteroatoms. The van der Waals surface area contributed by atoms with Gasteiger partial charge in [0.1, 0.15) is 16.8 Å². The fourth-order valence-corrected chi connectivity index (χ4v) is 2.13. The summed E-state index contributed by atoms with van der Waals surface area (Å²) < 4.78 is 1.84. The number of nitrogens with zero attached hydrogens (tertiary/aromatic N) is 4. The highest BCUT2D eigenvalue weighted by Crippen LogP contribution is 2.39. The SMILES string of the molecule is Cc1c(Cl)nc(C2CC2)nc1NCc1ccnn1C. The molecule has 2 heterocycles. The number of anilines is 1. The van der Waals surface area contributed by atoms with Crippen molar-refractivity contribution < 1.29 is 0 Å². The Labute approximate surface area is 117 Å². The van der Waals surface area contributed by atoms with E-state index in [4.69, 9.17) is 11.6 Å². The molecule has 0 amide bonds. The fourth-order valence-electron chi connectivity index (χ4n) is 1.95. The molecule has 2 aromatic rings. The summed E-state index contributed by atoms with van der Waals surface area (Å²) in [4.78, 5) is 8.94. The molecule has 0 radical (unpaired) electrons. The van der Waals surface area contributed by atoms with Crippen molar-refractivity contribution in [2.75, 3.05) is 5.32 Å². The highest BCUT2D eigenvalue weighted by molar-refractivity contribution is 6.30. The second kappa shape index (κ2) is 4.81. The predicted molar refractivity (Wildman–Crippen MR) is 74.3 cm³/mol. The Balaban J connectivity index is 1.81. The van der Waals surface area contributed by atoms with E-state index in [9.17, 15) is 0 Å². The molecular weight excluding hydrogens is 262 g/mol. The summed E-state index contributed by atoms with van der Waals surface area (Å²) in [7, 11) is 1.92. The standard InChI is InChI=1S/C13H16ClN5/c1-8-11(14)17-13(9-3-4-9)18-12(8)15-7-10-5-6-16-19(10)2/h5-6,9H,3-4,7H2,1-2H3,(H,15,17,18). The van der Waals surface area contributed by atoms with Crippen molar-refractivity contribution in [2.45, 2.75) is 32.2 Å². The first-order chi connectivity index (χ1) is 9.15. The molecular formula is C13H16ClN5. The zero-order valence-corrected chi connectivity index (χ0v) is 11.8. The molecule has 2 aromatic heterocycles. The first-order valence-corrected chi connectivity index (χ1v) is 6.77. The van der Waals surface area contributed by atoms with Gasteiger partial charge in [-0.2, -0.15) is 5.10 Å². The van der Waals surface area contributed by atoms with Gasteiger partial charge in [-0.25, -0.2) is 9.97 Å². The van der Waals surface area contributed by atoms with Gasteiger partial charge >= 0.3 is 0 Å². The number of aryl methyl sites for hydroxylation is 1. The van der Waals surface area contributed by atoms with Gasteiger partial charge in [0.15, 0.2) is 0 Å². The van der Waals surface area contributed by atoms with E-state index in [0.717, 1.165) is 22.9 Å². The van der Waals surface area contributed by atoms with Crippen LogP contribution in [0.15, 0.2) is 12.3 Å². The van der Waals surface area contributed by atoms with Crippen LogP contribution in [0.1, 0.15) is 35.8 Å². The van der Waals surface area contributed by atoms with Crippen LogP contribution in [0, 0.1) is 6.92 Å². The van der Waals surface area contributed by atoms with Crippen LogP contribution in [0.3, 0.4) is 0 Å². The summed E-state index contributed by atoms with van der Waals surface area (Å²) in [6.45, 7) is 2.61. The van der Waals surface area contributed by atoms with Crippen molar-refractivity contribution in [1.29, 1.82) is 0 Å². The molecule has 0 bridgehead atoms. The monoisotopic (exact) mass is 277 g/mol. The first-order valence-electron chi connectivity index (χ1n) is 6.40. The Morgan fingerprint density at radius 1 is 1.42 bits per heavy atom. The smallest absolute Gasteiger partial charge is 0.137 e. The van der Waals surface area contributed by atoms with Crippen molar-refractivity contribution in [2.24, 2.45) is 7.05 Å². The second-order valence-electron chi connectivity index (χ2n) is 4.92. The summed E-state index contributed by atoms with van der Waals surface area (Å²) >= 11 is 6.17. The maximum atomic E-state index is 6.17. The highest BCUT2D eigenvalue weighted by atomic mass is 35.5. The fraction of sp³-hybridized carbons (Fsp3) is 0.462. The quantitative estimate of drug-likeness (QED) is 0.873. The summed E-state index contributed by atoms with van der Waals surface area (Å²) in [6.07, 6.45) is 4.12. The molecule has 0 spiro atoms. The van der Waals surface area contributed by atoms with Crippen LogP contribution in [0.25, 0.3) is 0 Å². The van der Waals surface area contributed by atoms with Crippen molar-refractivity contribution in [3.8, 4) is 0 Å². The predicted octanol–water partition coefficient (Wildman–Crippen LogP) is 2.66. The van der Waals surface area contributed by atoms with Gasteiger partial charge in [-0.15, -0.1) is 0 Å². The van der Waals surface area contributed by atoms with Crippen molar-refractivity contribution in [3.63, 3.8) is 0 Å². The van der Waals surface area contributed by atoms with E-state index in [-0.39, 0.29) is 0 Å². The van der Waals surface area contributed by atoms with Gasteiger partial charge in [-0.1, -0.05) is 11.6 Å². The molecule has 1 saturated carbocycles. The third-order valence-electron chi connectivity index (χ3n) is 3.41. The Kier molecular flexibility index (Phi) is 3.14. The van der Waals surface area contributed by atoms with Crippen molar-refractivity contribution in [3.05, 3.63) is 34.5 Å². The van der Waals surface area contributed by atoms with Crippen molar-refractivity contribution >= 4 is 17.4 Å². The molecule has 1 fully saturated rings. The molecule has 1 aliphatic rings. The highest BCUT2D eigenvalue weighted by Gasteiger charge is 2.28. The van der Waals surface area contributed by atoms with Gasteiger partial charge in [0, 0.05) is 24.7 Å². The number of halogens is 1. The Hall–Kier alpha value is -1.62. The lowest BCUT2D eigenvalue weighted by atomic mass is 10.3. The molecule has 3 rings (SSSR count). The largest absolute Gasteiger partial charge is 0.364 e. The first kappa shape index (κ1) is 12.4. The van der Waals surface area contributed by atoms with Crippen LogP contribution in [0.5, 0.6) is 0 Å². The lowest BCUT2D eigenvalue weighted by molar-refractivity contribution is 0.719. The number of hydrogen-bond acceptors (Lipinski definition) is 4. The van der Waals surface area contributed by atoms with Crippen LogP contribution >= 0.6 is 11.6 Å². The lowest BCUT2D eigenvalue weighted by Crippen LogP contribution is -2.09. The molecule has 0 aliphatic heterocycles. The minimum atomic E-state index is 0.496. The maximum Gasteiger partial charge on any atom is 0.137 e. The van der Waals surface area contributed by atoms with Gasteiger partial charge < -0.3 is 5.32 Å². The molecule has 100 valence electrons. The Morgan fingerprint density at radius 3 is 2.84 bits per heavy atom. The number of hydrogen-bond donors (Lipinski definition) is 1. The van der Waals surface area contributed by atoms with Crippen LogP contribution < -0.4 is 5.32 Å². The Bertz CT molecular complexity index is 603. The third kappa shape index (κ3) is 2.56. The van der Waals surface area contributed by atoms with Crippen molar-refractivity contribution in [1.82, 2.24) is 19.7 Å². The number of nitrogens with one attached hydrogen (secondary N) is 1. The minimum Gasteiger partial charge on any atom is -0.364 e. The van der Waals surface area contributed by atoms with E-state index in [1.54, 1.807) is 6.20 Å². The van der Waals surface area contributed by atoms with Gasteiger partial charge in [0.05, 0.1) is 12.2 Å². The number of rotatable bonds is 4. The van der Waals surface area contributed by atoms with Gasteiger partial charge in [0.25, 0.3) is 0 Å². The van der Waals surface area contributed by atoms with Gasteiger partial charge in [0.2, 0.25) is 0 Å². The number of aromatic nitrogens is 4. The molecule has 0 saturated heterocycles. The van der Waals surface area contributed by atoms with Crippen LogP contribution in [-0.4, -0.2) is 19.7 Å². The van der Waals surface area contributed by atoms with Crippen LogP contribution in [0.2, 0.25) is 5.15 Å². The van der Waals surface area contributed by atoms with E-state index in [2.05, 4.69) is 20.4 Å². The molecule has 1 aliphatic carbocycles. The van der Waals surface area contributed by atoms with E-state index in [1.807, 2.05) is 24.7 Å². The van der Waals surface area contributed by atoms with Gasteiger partial charge in [-0.3, -0.25) is 4.68 Å². The molecule has 5 nitrogen and oxygen atoms in total. The summed E-state index contributed by atoms with van der Waals surface area (Å²) in [6, 6.07) is 1.98. The van der Waals surface area contributed by atoms with E-state index >= 15 is 0 Å². The normalized spacial score (nSPS) is 14.7. The summed E-state index contributed by atoms with van der Waals surface area (Å²) in [5.74, 6) is 2.18. The zero-order valence-electron chi connectivity index (χ0n) is 11.0. The zero-order chi connectivity index (χ0) is 13.4. The van der Waals surface area contributed by atoms with E-state index in [1.165, 1.54) is 12.8 Å². The molecule has 0 aromatic carbocycles. The lowest BCUT2D eigenvalue weighted by Gasteiger charge is -2.11. The summed E-state index contributed by atoms with van der Waals surface area (Å²) in [5, 5.41) is 8.01. The second-order valence-corrected chi connectivity index (χ2v) is 5.28. The molecule has 0 atom stereocenters. The minimum absolute atomic E-state index is 0.496. The van der Waals surface area contributed by atoms with E-state index < -0.39 is 0 Å². The maximum absolute atomic E-state index is 6.17.